The molecule has 0 aliphatic heterocycles. The minimum atomic E-state index is -1.31. The van der Waals surface area contributed by atoms with Gasteiger partial charge in [0.2, 0.25) is 0 Å². The number of hydrogen-bond acceptors (Lipinski definition) is 1. The highest BCUT2D eigenvalue weighted by atomic mass is 19.1. The monoisotopic (exact) mass is 262 g/mol. The van der Waals surface area contributed by atoms with Crippen molar-refractivity contribution in [1.82, 2.24) is 0 Å². The lowest BCUT2D eigenvalue weighted by Gasteiger charge is -2.24. The Morgan fingerprint density at radius 2 is 1.53 bits per heavy atom. The molecule has 0 fully saturated rings. The summed E-state index contributed by atoms with van der Waals surface area (Å²) in [6, 6.07) is 11.0. The molecule has 19 heavy (non-hydrogen) atoms. The SMILES string of the molecule is Cc1ccc(C(C)(O)Cc2c(F)cccc2F)cc1. The third-order valence-electron chi connectivity index (χ3n) is 3.26. The molecule has 0 aromatic heterocycles. The zero-order valence-electron chi connectivity index (χ0n) is 11.0. The molecule has 2 aromatic carbocycles. The second-order valence-corrected chi connectivity index (χ2v) is 5.02. The van der Waals surface area contributed by atoms with Crippen LogP contribution in [0.2, 0.25) is 0 Å². The van der Waals surface area contributed by atoms with Crippen molar-refractivity contribution in [2.24, 2.45) is 0 Å². The van der Waals surface area contributed by atoms with E-state index in [1.165, 1.54) is 18.2 Å². The second-order valence-electron chi connectivity index (χ2n) is 5.02. The number of hydrogen-bond donors (Lipinski definition) is 1. The third kappa shape index (κ3) is 2.99. The summed E-state index contributed by atoms with van der Waals surface area (Å²) in [5.74, 6) is -1.26. The fourth-order valence-electron chi connectivity index (χ4n) is 2.06. The molecule has 1 atom stereocenters. The zero-order chi connectivity index (χ0) is 14.0. The highest BCUT2D eigenvalue weighted by Gasteiger charge is 2.26. The van der Waals surface area contributed by atoms with Gasteiger partial charge in [0.1, 0.15) is 11.6 Å². The molecule has 1 N–H and O–H groups in total. The molecule has 0 aliphatic rings. The Hall–Kier alpha value is -1.74. The topological polar surface area (TPSA) is 20.2 Å². The van der Waals surface area contributed by atoms with Crippen molar-refractivity contribution >= 4 is 0 Å². The van der Waals surface area contributed by atoms with Crippen molar-refractivity contribution < 1.29 is 13.9 Å². The molecule has 0 aliphatic carbocycles. The fraction of sp³-hybridized carbons (Fsp3) is 0.250. The highest BCUT2D eigenvalue weighted by Crippen LogP contribution is 2.27. The van der Waals surface area contributed by atoms with Crippen molar-refractivity contribution in [2.45, 2.75) is 25.9 Å². The van der Waals surface area contributed by atoms with Gasteiger partial charge in [0, 0.05) is 12.0 Å². The van der Waals surface area contributed by atoms with Gasteiger partial charge in [-0.15, -0.1) is 0 Å². The standard InChI is InChI=1S/C16H16F2O/c1-11-6-8-12(9-7-11)16(2,19)10-13-14(17)4-3-5-15(13)18/h3-9,19H,10H2,1-2H3. The minimum Gasteiger partial charge on any atom is -0.385 e. The van der Waals surface area contributed by atoms with Gasteiger partial charge in [0.05, 0.1) is 5.60 Å². The summed E-state index contributed by atoms with van der Waals surface area (Å²) in [4.78, 5) is 0. The molecular weight excluding hydrogens is 246 g/mol. The normalized spacial score (nSPS) is 14.2. The van der Waals surface area contributed by atoms with Crippen molar-refractivity contribution in [2.75, 3.05) is 0 Å². The van der Waals surface area contributed by atoms with Crippen LogP contribution in [0.1, 0.15) is 23.6 Å². The summed E-state index contributed by atoms with van der Waals surface area (Å²) in [5, 5.41) is 10.4. The zero-order valence-corrected chi connectivity index (χ0v) is 11.0. The predicted octanol–water partition coefficient (Wildman–Crippen LogP) is 3.72. The minimum absolute atomic E-state index is 0.0897. The van der Waals surface area contributed by atoms with Crippen LogP contribution in [0.15, 0.2) is 42.5 Å². The number of aliphatic hydroxyl groups is 1. The molecule has 2 aromatic rings. The van der Waals surface area contributed by atoms with Gasteiger partial charge in [-0.25, -0.2) is 8.78 Å². The van der Waals surface area contributed by atoms with Crippen LogP contribution in [-0.4, -0.2) is 5.11 Å². The van der Waals surface area contributed by atoms with E-state index in [2.05, 4.69) is 0 Å². The smallest absolute Gasteiger partial charge is 0.129 e. The number of halogens is 2. The van der Waals surface area contributed by atoms with Crippen LogP contribution >= 0.6 is 0 Å². The van der Waals surface area contributed by atoms with Crippen molar-refractivity contribution in [3.05, 3.63) is 70.8 Å². The molecule has 0 radical (unpaired) electrons. The molecule has 0 amide bonds. The Morgan fingerprint density at radius 1 is 1.00 bits per heavy atom. The summed E-state index contributed by atoms with van der Waals surface area (Å²) >= 11 is 0. The third-order valence-corrected chi connectivity index (χ3v) is 3.26. The van der Waals surface area contributed by atoms with E-state index in [0.717, 1.165) is 5.56 Å². The molecule has 1 nitrogen and oxygen atoms in total. The van der Waals surface area contributed by atoms with Gasteiger partial charge in [-0.3, -0.25) is 0 Å². The van der Waals surface area contributed by atoms with E-state index in [9.17, 15) is 13.9 Å². The Labute approximate surface area is 111 Å². The van der Waals surface area contributed by atoms with E-state index in [0.29, 0.717) is 5.56 Å². The van der Waals surface area contributed by atoms with Crippen molar-refractivity contribution in [3.8, 4) is 0 Å². The van der Waals surface area contributed by atoms with Crippen LogP contribution in [0.3, 0.4) is 0 Å². The molecule has 3 heteroatoms. The molecule has 0 saturated heterocycles. The molecule has 100 valence electrons. The van der Waals surface area contributed by atoms with Gasteiger partial charge in [0.25, 0.3) is 0 Å². The van der Waals surface area contributed by atoms with Gasteiger partial charge < -0.3 is 5.11 Å². The Balaban J connectivity index is 2.33. The fourth-order valence-corrected chi connectivity index (χ4v) is 2.06. The maximum Gasteiger partial charge on any atom is 0.129 e. The predicted molar refractivity (Wildman–Crippen MR) is 70.8 cm³/mol. The van der Waals surface area contributed by atoms with Crippen LogP contribution in [0.25, 0.3) is 0 Å². The number of rotatable bonds is 3. The van der Waals surface area contributed by atoms with Gasteiger partial charge in [0.15, 0.2) is 0 Å². The first-order valence-electron chi connectivity index (χ1n) is 6.12. The summed E-state index contributed by atoms with van der Waals surface area (Å²) in [6.45, 7) is 3.50. The van der Waals surface area contributed by atoms with E-state index >= 15 is 0 Å². The van der Waals surface area contributed by atoms with Crippen LogP contribution in [0, 0.1) is 18.6 Å². The van der Waals surface area contributed by atoms with Crippen LogP contribution < -0.4 is 0 Å². The number of benzene rings is 2. The van der Waals surface area contributed by atoms with Crippen LogP contribution in [0.5, 0.6) is 0 Å². The number of aryl methyl sites for hydroxylation is 1. The molecular formula is C16H16F2O. The molecule has 0 bridgehead atoms. The average Bonchev–Trinajstić information content (AvgIpc) is 2.35. The quantitative estimate of drug-likeness (QED) is 0.893. The first kappa shape index (κ1) is 13.7. The maximum absolute atomic E-state index is 13.6. The van der Waals surface area contributed by atoms with Gasteiger partial charge in [-0.1, -0.05) is 35.9 Å². The van der Waals surface area contributed by atoms with Crippen LogP contribution in [0.4, 0.5) is 8.78 Å². The first-order chi connectivity index (χ1) is 8.90. The summed E-state index contributed by atoms with van der Waals surface area (Å²) in [6.07, 6.45) is -0.103. The Morgan fingerprint density at radius 3 is 2.05 bits per heavy atom. The first-order valence-corrected chi connectivity index (χ1v) is 6.12. The molecule has 0 spiro atoms. The molecule has 1 unspecified atom stereocenters. The lowest BCUT2D eigenvalue weighted by Crippen LogP contribution is -2.25. The van der Waals surface area contributed by atoms with E-state index < -0.39 is 17.2 Å². The Kier molecular flexibility index (Phi) is 3.67. The largest absolute Gasteiger partial charge is 0.385 e. The molecule has 0 heterocycles. The van der Waals surface area contributed by atoms with Gasteiger partial charge in [-0.05, 0) is 31.5 Å². The maximum atomic E-state index is 13.6. The summed E-state index contributed by atoms with van der Waals surface area (Å²) < 4.78 is 27.2. The van der Waals surface area contributed by atoms with Crippen LogP contribution in [-0.2, 0) is 12.0 Å². The van der Waals surface area contributed by atoms with Gasteiger partial charge in [-0.2, -0.15) is 0 Å². The van der Waals surface area contributed by atoms with E-state index in [1.807, 2.05) is 19.1 Å². The van der Waals surface area contributed by atoms with Crippen molar-refractivity contribution in [1.29, 1.82) is 0 Å². The van der Waals surface area contributed by atoms with E-state index in [4.69, 9.17) is 0 Å². The molecule has 0 saturated carbocycles. The summed E-state index contributed by atoms with van der Waals surface area (Å²) in [5.41, 5.74) is 0.307. The Bertz CT molecular complexity index is 554. The highest BCUT2D eigenvalue weighted by molar-refractivity contribution is 5.29. The summed E-state index contributed by atoms with van der Waals surface area (Å²) in [7, 11) is 0. The lowest BCUT2D eigenvalue weighted by atomic mass is 9.88. The second kappa shape index (κ2) is 5.10. The van der Waals surface area contributed by atoms with E-state index in [-0.39, 0.29) is 12.0 Å². The van der Waals surface area contributed by atoms with Gasteiger partial charge >= 0.3 is 0 Å². The molecule has 2 rings (SSSR count). The van der Waals surface area contributed by atoms with E-state index in [1.54, 1.807) is 19.1 Å². The lowest BCUT2D eigenvalue weighted by molar-refractivity contribution is 0.0557. The van der Waals surface area contributed by atoms with Crippen molar-refractivity contribution in [3.63, 3.8) is 0 Å². The average molecular weight is 262 g/mol.